The monoisotopic (exact) mass is 455 g/mol. The second-order valence-electron chi connectivity index (χ2n) is 9.04. The van der Waals surface area contributed by atoms with Gasteiger partial charge in [0, 0.05) is 31.7 Å². The Morgan fingerprint density at radius 2 is 2.03 bits per heavy atom. The third-order valence-corrected chi connectivity index (χ3v) is 5.16. The number of hydrogen-bond acceptors (Lipinski definition) is 7. The molecule has 0 bridgehead atoms. The van der Waals surface area contributed by atoms with Crippen LogP contribution in [-0.4, -0.2) is 89.2 Å². The van der Waals surface area contributed by atoms with Crippen LogP contribution in [0.25, 0.3) is 10.4 Å². The summed E-state index contributed by atoms with van der Waals surface area (Å²) in [6, 6.07) is -0.794. The smallest absolute Gasteiger partial charge is 0.252 e. The van der Waals surface area contributed by atoms with Crippen molar-refractivity contribution in [3.63, 3.8) is 0 Å². The minimum atomic E-state index is -1.71. The molecule has 4 N–H and O–H groups in total. The Morgan fingerprint density at radius 1 is 1.34 bits per heavy atom. The number of aliphatic hydroxyl groups excluding tert-OH is 3. The van der Waals surface area contributed by atoms with Gasteiger partial charge >= 0.3 is 0 Å². The number of methoxy groups -OCH3 is 1. The van der Waals surface area contributed by atoms with Crippen molar-refractivity contribution in [3.8, 4) is 0 Å². The second kappa shape index (κ2) is 13.4. The number of carbonyl (C=O) groups excluding carboxylic acids is 2. The summed E-state index contributed by atoms with van der Waals surface area (Å²) < 4.78 is 5.09. The molecule has 1 fully saturated rings. The lowest BCUT2D eigenvalue weighted by Gasteiger charge is -2.29. The lowest BCUT2D eigenvalue weighted by atomic mass is 9.94. The number of allylic oxidation sites excluding steroid dienone is 1. The molecule has 32 heavy (non-hydrogen) atoms. The van der Waals surface area contributed by atoms with E-state index in [9.17, 15) is 24.9 Å². The number of nitrogens with one attached hydrogen (secondary N) is 1. The van der Waals surface area contributed by atoms with Crippen LogP contribution in [-0.2, 0) is 14.3 Å². The van der Waals surface area contributed by atoms with E-state index < -0.39 is 36.4 Å². The van der Waals surface area contributed by atoms with Gasteiger partial charge in [-0.05, 0) is 36.6 Å². The zero-order valence-electron chi connectivity index (χ0n) is 19.3. The van der Waals surface area contributed by atoms with Gasteiger partial charge in [0.2, 0.25) is 5.91 Å². The van der Waals surface area contributed by atoms with E-state index in [1.54, 1.807) is 11.0 Å². The minimum absolute atomic E-state index is 0.240. The summed E-state index contributed by atoms with van der Waals surface area (Å²) in [5.74, 6) is -1.00. The van der Waals surface area contributed by atoms with Gasteiger partial charge in [-0.1, -0.05) is 38.0 Å². The molecule has 5 atom stereocenters. The van der Waals surface area contributed by atoms with Gasteiger partial charge in [-0.25, -0.2) is 0 Å². The summed E-state index contributed by atoms with van der Waals surface area (Å²) in [6.07, 6.45) is -0.739. The number of likely N-dealkylation sites (tertiary alicyclic amines) is 1. The zero-order chi connectivity index (χ0) is 24.3. The first-order valence-electron chi connectivity index (χ1n) is 10.9. The molecule has 0 aliphatic carbocycles. The summed E-state index contributed by atoms with van der Waals surface area (Å²) in [5, 5.41) is 37.0. The lowest BCUT2D eigenvalue weighted by Crippen LogP contribution is -2.55. The number of aliphatic hydroxyl groups is 3. The molecule has 0 aromatic rings. The van der Waals surface area contributed by atoms with Crippen molar-refractivity contribution in [3.05, 3.63) is 22.6 Å². The maximum atomic E-state index is 12.9. The summed E-state index contributed by atoms with van der Waals surface area (Å²) >= 11 is 0. The molecule has 1 rings (SSSR count). The average Bonchev–Trinajstić information content (AvgIpc) is 2.90. The number of rotatable bonds is 11. The molecule has 1 aliphatic heterocycles. The Hall–Kier alpha value is -2.17. The minimum Gasteiger partial charge on any atom is -0.387 e. The molecule has 0 radical (unpaired) electrons. The number of nitrogens with zero attached hydrogens (tertiary/aromatic N) is 4. The van der Waals surface area contributed by atoms with E-state index in [4.69, 9.17) is 10.3 Å². The van der Waals surface area contributed by atoms with Gasteiger partial charge in [0.15, 0.2) is 6.10 Å². The Balaban J connectivity index is 2.79. The Kier molecular flexibility index (Phi) is 11.7. The van der Waals surface area contributed by atoms with E-state index in [0.717, 1.165) is 12.8 Å². The third kappa shape index (κ3) is 9.13. The van der Waals surface area contributed by atoms with Crippen LogP contribution in [0.15, 0.2) is 17.3 Å². The number of amides is 2. The molecule has 11 heteroatoms. The molecule has 0 unspecified atom stereocenters. The summed E-state index contributed by atoms with van der Waals surface area (Å²) in [6.45, 7) is 6.96. The predicted octanol–water partition coefficient (Wildman–Crippen LogP) is 0.884. The number of azide groups is 1. The molecule has 0 aromatic heterocycles. The van der Waals surface area contributed by atoms with Crippen molar-refractivity contribution in [2.75, 3.05) is 26.7 Å². The molecular formula is C21H37N5O6. The second-order valence-corrected chi connectivity index (χ2v) is 9.04. The normalized spacial score (nSPS) is 21.4. The van der Waals surface area contributed by atoms with Gasteiger partial charge in [0.1, 0.15) is 24.4 Å². The largest absolute Gasteiger partial charge is 0.387 e. The first kappa shape index (κ1) is 27.9. The van der Waals surface area contributed by atoms with E-state index >= 15 is 0 Å². The zero-order valence-corrected chi connectivity index (χ0v) is 19.3. The van der Waals surface area contributed by atoms with Crippen molar-refractivity contribution < 1.29 is 29.6 Å². The fraction of sp³-hybridized carbons (Fsp3) is 0.810. The molecule has 0 saturated carbocycles. The van der Waals surface area contributed by atoms with E-state index in [1.807, 2.05) is 20.8 Å². The third-order valence-electron chi connectivity index (χ3n) is 5.16. The van der Waals surface area contributed by atoms with Crippen LogP contribution >= 0.6 is 0 Å². The van der Waals surface area contributed by atoms with Crippen LogP contribution < -0.4 is 5.32 Å². The van der Waals surface area contributed by atoms with E-state index in [-0.39, 0.29) is 17.9 Å². The molecule has 1 saturated heterocycles. The summed E-state index contributed by atoms with van der Waals surface area (Å²) in [7, 11) is 1.20. The van der Waals surface area contributed by atoms with Crippen molar-refractivity contribution in [1.29, 1.82) is 0 Å². The van der Waals surface area contributed by atoms with Crippen LogP contribution in [0.2, 0.25) is 0 Å². The van der Waals surface area contributed by atoms with Crippen LogP contribution in [0, 0.1) is 5.41 Å². The van der Waals surface area contributed by atoms with Crippen molar-refractivity contribution in [1.82, 2.24) is 10.2 Å². The van der Waals surface area contributed by atoms with Crippen molar-refractivity contribution in [2.45, 2.75) is 76.9 Å². The highest BCUT2D eigenvalue weighted by molar-refractivity contribution is 5.89. The molecule has 0 aromatic carbocycles. The molecule has 1 aliphatic rings. The fourth-order valence-corrected chi connectivity index (χ4v) is 3.38. The van der Waals surface area contributed by atoms with Crippen LogP contribution in [0.4, 0.5) is 0 Å². The molecule has 1 heterocycles. The highest BCUT2D eigenvalue weighted by Gasteiger charge is 2.37. The maximum absolute atomic E-state index is 12.9. The number of ether oxygens (including phenoxy) is 1. The first-order chi connectivity index (χ1) is 15.0. The van der Waals surface area contributed by atoms with Crippen molar-refractivity contribution in [2.24, 2.45) is 10.5 Å². The highest BCUT2D eigenvalue weighted by atomic mass is 16.5. The summed E-state index contributed by atoms with van der Waals surface area (Å²) in [4.78, 5) is 29.9. The van der Waals surface area contributed by atoms with Gasteiger partial charge in [-0.3, -0.25) is 9.59 Å². The van der Waals surface area contributed by atoms with Gasteiger partial charge in [0.05, 0.1) is 0 Å². The van der Waals surface area contributed by atoms with E-state index in [0.29, 0.717) is 25.9 Å². The molecule has 2 amide bonds. The van der Waals surface area contributed by atoms with E-state index in [2.05, 4.69) is 15.3 Å². The van der Waals surface area contributed by atoms with Crippen LogP contribution in [0.3, 0.4) is 0 Å². The number of hydrogen-bond donors (Lipinski definition) is 4. The molecular weight excluding hydrogens is 418 g/mol. The first-order valence-corrected chi connectivity index (χ1v) is 10.9. The van der Waals surface area contributed by atoms with Crippen molar-refractivity contribution >= 4 is 11.8 Å². The molecule has 11 nitrogen and oxygen atoms in total. The van der Waals surface area contributed by atoms with Crippen LogP contribution in [0.5, 0.6) is 0 Å². The van der Waals surface area contributed by atoms with E-state index in [1.165, 1.54) is 13.2 Å². The topological polar surface area (TPSA) is 168 Å². The SMILES string of the molecule is CO[C@@H](C(=O)N[C@H]1CCCCN(CCCN=[N+]=[N-])C1=O)[C@H](O)[C@@H](O)[C@H](O)/C=C/C(C)(C)C. The Labute approximate surface area is 189 Å². The molecule has 182 valence electrons. The Morgan fingerprint density at radius 3 is 2.62 bits per heavy atom. The van der Waals surface area contributed by atoms with Gasteiger partial charge in [-0.15, -0.1) is 0 Å². The van der Waals surface area contributed by atoms with Gasteiger partial charge in [0.25, 0.3) is 5.91 Å². The highest BCUT2D eigenvalue weighted by Crippen LogP contribution is 2.18. The molecule has 0 spiro atoms. The fourth-order valence-electron chi connectivity index (χ4n) is 3.38. The average molecular weight is 456 g/mol. The predicted molar refractivity (Wildman–Crippen MR) is 118 cm³/mol. The number of carbonyl (C=O) groups is 2. The lowest BCUT2D eigenvalue weighted by molar-refractivity contribution is -0.151. The standard InChI is InChI=1S/C21H37N5O6/c1-21(2,3)10-9-15(27)16(28)17(29)18(32-4)19(30)24-14-8-5-6-12-26(20(14)31)13-7-11-23-25-22/h9-10,14-18,27-29H,5-8,11-13H2,1-4H3,(H,24,30)/b10-9+/t14-,15+,16-,17+,18+/m0/s1. The maximum Gasteiger partial charge on any atom is 0.252 e. The summed E-state index contributed by atoms with van der Waals surface area (Å²) in [5.41, 5.74) is 8.12. The van der Waals surface area contributed by atoms with Gasteiger partial charge < -0.3 is 30.3 Å². The Bertz CT molecular complexity index is 689. The van der Waals surface area contributed by atoms with Gasteiger partial charge in [-0.2, -0.15) is 0 Å². The quantitative estimate of drug-likeness (QED) is 0.119. The van der Waals surface area contributed by atoms with Crippen LogP contribution in [0.1, 0.15) is 46.5 Å².